The van der Waals surface area contributed by atoms with Crippen LogP contribution in [0.2, 0.25) is 0 Å². The first kappa shape index (κ1) is 29.2. The summed E-state index contributed by atoms with van der Waals surface area (Å²) in [6.07, 6.45) is 1.13. The number of alkyl halides is 1. The van der Waals surface area contributed by atoms with Crippen molar-refractivity contribution in [2.24, 2.45) is 0 Å². The zero-order valence-corrected chi connectivity index (χ0v) is 27.5. The van der Waals surface area contributed by atoms with E-state index in [9.17, 15) is 9.59 Å². The molecule has 1 fully saturated rings. The third-order valence-electron chi connectivity index (χ3n) is 5.81. The van der Waals surface area contributed by atoms with Crippen LogP contribution in [0.3, 0.4) is 0 Å². The number of rotatable bonds is 8. The van der Waals surface area contributed by atoms with Crippen molar-refractivity contribution in [3.8, 4) is 0 Å². The maximum absolute atomic E-state index is 12.7. The number of ether oxygens (including phenoxy) is 3. The number of hydrogen-bond acceptors (Lipinski definition) is 6. The molecule has 1 aromatic rings. The Labute approximate surface area is 245 Å². The Morgan fingerprint density at radius 1 is 1.09 bits per heavy atom. The summed E-state index contributed by atoms with van der Waals surface area (Å²) in [6.45, 7) is 9.00. The minimum absolute atomic E-state index is 0.00838. The van der Waals surface area contributed by atoms with E-state index in [1.54, 1.807) is 6.07 Å². The van der Waals surface area contributed by atoms with E-state index in [1.807, 2.05) is 28.7 Å². The van der Waals surface area contributed by atoms with Gasteiger partial charge in [0.1, 0.15) is 6.61 Å². The monoisotopic (exact) mass is 895 g/mol. The Balaban J connectivity index is 2.04. The van der Waals surface area contributed by atoms with Crippen LogP contribution in [0.1, 0.15) is 50.9 Å². The molecule has 0 aliphatic carbocycles. The van der Waals surface area contributed by atoms with Gasteiger partial charge in [-0.3, -0.25) is 9.69 Å². The predicted octanol–water partition coefficient (Wildman–Crippen LogP) is 5.67. The lowest BCUT2D eigenvalue weighted by Gasteiger charge is -2.53. The molecular formula is C22H29I4NO5. The lowest BCUT2D eigenvalue weighted by Crippen LogP contribution is -2.60. The zero-order chi connectivity index (χ0) is 24.3. The van der Waals surface area contributed by atoms with Crippen LogP contribution >= 0.6 is 90.4 Å². The van der Waals surface area contributed by atoms with Crippen LogP contribution < -0.4 is 0 Å². The SMILES string of the molecule is CN1C(C)(C)CC(OCC(COC(=O)c2cc(I)cc(I)c2I)OC(=O)CI)CC1(C)C. The Morgan fingerprint density at radius 3 is 2.25 bits per heavy atom. The van der Waals surface area contributed by atoms with Crippen LogP contribution in [0.4, 0.5) is 0 Å². The number of halogens is 4. The molecule has 6 nitrogen and oxygen atoms in total. The number of carbonyl (C=O) groups excluding carboxylic acids is 2. The number of hydrogen-bond donors (Lipinski definition) is 0. The predicted molar refractivity (Wildman–Crippen MR) is 159 cm³/mol. The van der Waals surface area contributed by atoms with E-state index < -0.39 is 12.1 Å². The van der Waals surface area contributed by atoms with Crippen molar-refractivity contribution in [1.29, 1.82) is 0 Å². The van der Waals surface area contributed by atoms with Crippen LogP contribution in [0.5, 0.6) is 0 Å². The molecule has 1 unspecified atom stereocenters. The number of esters is 2. The highest BCUT2D eigenvalue weighted by Gasteiger charge is 2.43. The van der Waals surface area contributed by atoms with Crippen molar-refractivity contribution in [2.75, 3.05) is 24.7 Å². The van der Waals surface area contributed by atoms with E-state index >= 15 is 0 Å². The average Bonchev–Trinajstić information content (AvgIpc) is 2.69. The highest BCUT2D eigenvalue weighted by molar-refractivity contribution is 14.1. The van der Waals surface area contributed by atoms with E-state index in [4.69, 9.17) is 14.2 Å². The van der Waals surface area contributed by atoms with Gasteiger partial charge in [0.05, 0.1) is 22.7 Å². The third-order valence-corrected chi connectivity index (χ3v) is 10.1. The Bertz CT molecular complexity index is 828. The summed E-state index contributed by atoms with van der Waals surface area (Å²) in [5.74, 6) is -0.777. The summed E-state index contributed by atoms with van der Waals surface area (Å²) in [5.41, 5.74) is 0.498. The minimum Gasteiger partial charge on any atom is -0.458 e. The van der Waals surface area contributed by atoms with Gasteiger partial charge in [0.2, 0.25) is 0 Å². The van der Waals surface area contributed by atoms with Crippen molar-refractivity contribution >= 4 is 102 Å². The molecule has 0 amide bonds. The van der Waals surface area contributed by atoms with Crippen molar-refractivity contribution in [2.45, 2.75) is 63.8 Å². The summed E-state index contributed by atoms with van der Waals surface area (Å²) >= 11 is 8.49. The maximum atomic E-state index is 12.7. The number of piperidine rings is 1. The molecule has 1 aliphatic rings. The third kappa shape index (κ3) is 8.01. The van der Waals surface area contributed by atoms with E-state index in [1.165, 1.54) is 0 Å². The lowest BCUT2D eigenvalue weighted by molar-refractivity contribution is -0.157. The van der Waals surface area contributed by atoms with Gasteiger partial charge in [-0.1, -0.05) is 22.6 Å². The number of likely N-dealkylation sites (tertiary alicyclic amines) is 1. The molecule has 10 heteroatoms. The first-order chi connectivity index (χ1) is 14.8. The zero-order valence-electron chi connectivity index (χ0n) is 18.8. The summed E-state index contributed by atoms with van der Waals surface area (Å²) in [6, 6.07) is 3.81. The van der Waals surface area contributed by atoms with Crippen molar-refractivity contribution < 1.29 is 23.8 Å². The molecule has 180 valence electrons. The second-order valence-electron chi connectivity index (χ2n) is 9.14. The van der Waals surface area contributed by atoms with Gasteiger partial charge in [-0.15, -0.1) is 0 Å². The molecule has 1 saturated heterocycles. The molecule has 0 radical (unpaired) electrons. The molecule has 0 N–H and O–H groups in total. The summed E-state index contributed by atoms with van der Waals surface area (Å²) in [4.78, 5) is 27.1. The smallest absolute Gasteiger partial charge is 0.339 e. The van der Waals surface area contributed by atoms with Gasteiger partial charge in [0, 0.05) is 21.8 Å². The molecule has 1 aliphatic heterocycles. The molecule has 0 bridgehead atoms. The normalized spacial score (nSPS) is 19.4. The van der Waals surface area contributed by atoms with Gasteiger partial charge in [-0.25, -0.2) is 4.79 Å². The first-order valence-corrected chi connectivity index (χ1v) is 15.0. The summed E-state index contributed by atoms with van der Waals surface area (Å²) in [7, 11) is 2.15. The minimum atomic E-state index is -0.647. The van der Waals surface area contributed by atoms with Crippen LogP contribution in [0, 0.1) is 10.7 Å². The van der Waals surface area contributed by atoms with Crippen LogP contribution in [-0.2, 0) is 19.0 Å². The van der Waals surface area contributed by atoms with Gasteiger partial charge in [0.15, 0.2) is 6.10 Å². The molecule has 2 rings (SSSR count). The van der Waals surface area contributed by atoms with Crippen molar-refractivity contribution in [3.05, 3.63) is 28.4 Å². The van der Waals surface area contributed by atoms with Crippen LogP contribution in [0.15, 0.2) is 12.1 Å². The fraction of sp³-hybridized carbons (Fsp3) is 0.636. The fourth-order valence-electron chi connectivity index (χ4n) is 3.93. The van der Waals surface area contributed by atoms with Crippen LogP contribution in [0.25, 0.3) is 0 Å². The van der Waals surface area contributed by atoms with E-state index in [-0.39, 0.29) is 40.8 Å². The van der Waals surface area contributed by atoms with Crippen molar-refractivity contribution in [1.82, 2.24) is 4.90 Å². The van der Waals surface area contributed by atoms with Crippen LogP contribution in [-0.4, -0.2) is 64.8 Å². The standard InChI is InChI=1S/C22H29I4NO5/c1-21(2)8-14(9-22(3,4)27(21)5)30-11-15(32-18(28)10-23)12-31-20(29)16-6-13(24)7-17(25)19(16)26/h6-7,14-15H,8-12H2,1-5H3. The quantitative estimate of drug-likeness (QED) is 0.145. The number of carbonyl (C=O) groups is 2. The fourth-order valence-corrected chi connectivity index (χ4v) is 6.48. The molecular weight excluding hydrogens is 866 g/mol. The molecule has 1 aromatic carbocycles. The first-order valence-electron chi connectivity index (χ1n) is 10.2. The molecule has 0 aromatic heterocycles. The highest BCUT2D eigenvalue weighted by Crippen LogP contribution is 2.38. The molecule has 1 heterocycles. The average molecular weight is 895 g/mol. The second kappa shape index (κ2) is 12.3. The summed E-state index contributed by atoms with van der Waals surface area (Å²) < 4.78 is 20.3. The molecule has 0 spiro atoms. The topological polar surface area (TPSA) is 65.1 Å². The molecule has 0 saturated carbocycles. The maximum Gasteiger partial charge on any atom is 0.339 e. The van der Waals surface area contributed by atoms with Gasteiger partial charge >= 0.3 is 11.9 Å². The Morgan fingerprint density at radius 2 is 1.69 bits per heavy atom. The van der Waals surface area contributed by atoms with Gasteiger partial charge < -0.3 is 14.2 Å². The Hall–Kier alpha value is 1.000. The summed E-state index contributed by atoms with van der Waals surface area (Å²) in [5, 5.41) is 0. The van der Waals surface area contributed by atoms with Crippen molar-refractivity contribution in [3.63, 3.8) is 0 Å². The number of nitrogens with zero attached hydrogens (tertiary/aromatic N) is 1. The van der Waals surface area contributed by atoms with Gasteiger partial charge in [-0.05, 0) is 127 Å². The molecule has 1 atom stereocenters. The lowest BCUT2D eigenvalue weighted by atomic mass is 9.79. The van der Waals surface area contributed by atoms with E-state index in [0.29, 0.717) is 5.56 Å². The number of benzene rings is 1. The van der Waals surface area contributed by atoms with Gasteiger partial charge in [0.25, 0.3) is 0 Å². The highest BCUT2D eigenvalue weighted by atomic mass is 127. The second-order valence-corrected chi connectivity index (χ2v) is 13.4. The van der Waals surface area contributed by atoms with E-state index in [2.05, 4.69) is 107 Å². The Kier molecular flexibility index (Phi) is 11.2. The van der Waals surface area contributed by atoms with E-state index in [0.717, 1.165) is 23.6 Å². The van der Waals surface area contributed by atoms with Gasteiger partial charge in [-0.2, -0.15) is 0 Å². The molecule has 32 heavy (non-hydrogen) atoms. The largest absolute Gasteiger partial charge is 0.458 e.